The summed E-state index contributed by atoms with van der Waals surface area (Å²) in [5, 5.41) is 5.29. The van der Waals surface area contributed by atoms with E-state index >= 15 is 0 Å². The zero-order valence-electron chi connectivity index (χ0n) is 14.7. The van der Waals surface area contributed by atoms with E-state index in [1.54, 1.807) is 23.5 Å². The van der Waals surface area contributed by atoms with Gasteiger partial charge in [-0.05, 0) is 48.1 Å². The van der Waals surface area contributed by atoms with E-state index in [9.17, 15) is 9.18 Å². The van der Waals surface area contributed by atoms with Crippen molar-refractivity contribution in [3.8, 4) is 0 Å². The number of carbonyl (C=O) groups excluding carboxylic acids is 1. The molecular weight excluding hydrogens is 347 g/mol. The predicted molar refractivity (Wildman–Crippen MR) is 104 cm³/mol. The Morgan fingerprint density at radius 1 is 1.12 bits per heavy atom. The van der Waals surface area contributed by atoms with Crippen molar-refractivity contribution in [1.29, 1.82) is 0 Å². The summed E-state index contributed by atoms with van der Waals surface area (Å²) in [6.07, 6.45) is 7.05. The number of nitrogens with one attached hydrogen (secondary N) is 1. The Morgan fingerprint density at radius 3 is 2.58 bits per heavy atom. The molecule has 26 heavy (non-hydrogen) atoms. The van der Waals surface area contributed by atoms with Crippen LogP contribution in [0.3, 0.4) is 0 Å². The molecule has 1 amide bonds. The maximum absolute atomic E-state index is 13.2. The summed E-state index contributed by atoms with van der Waals surface area (Å²) >= 11 is 1.64. The first-order valence-electron chi connectivity index (χ1n) is 9.33. The van der Waals surface area contributed by atoms with E-state index < -0.39 is 0 Å². The minimum Gasteiger partial charge on any atom is -0.348 e. The number of rotatable bonds is 4. The molecule has 0 atom stereocenters. The lowest BCUT2D eigenvalue weighted by atomic mass is 10.1. The molecule has 1 saturated carbocycles. The summed E-state index contributed by atoms with van der Waals surface area (Å²) in [4.78, 5) is 13.0. The first-order valence-corrected chi connectivity index (χ1v) is 10.2. The van der Waals surface area contributed by atoms with E-state index in [4.69, 9.17) is 0 Å². The van der Waals surface area contributed by atoms with Gasteiger partial charge in [0, 0.05) is 12.6 Å². The summed E-state index contributed by atoms with van der Waals surface area (Å²) in [6.45, 7) is 0.563. The average Bonchev–Trinajstić information content (AvgIpc) is 3.12. The Balaban J connectivity index is 1.60. The van der Waals surface area contributed by atoms with Gasteiger partial charge in [0.15, 0.2) is 0 Å². The number of hydrogen-bond donors (Lipinski definition) is 1. The zero-order chi connectivity index (χ0) is 17.9. The fourth-order valence-electron chi connectivity index (χ4n) is 3.79. The number of aromatic nitrogens is 1. The Bertz CT molecular complexity index is 889. The average molecular weight is 370 g/mol. The van der Waals surface area contributed by atoms with Crippen molar-refractivity contribution in [2.75, 3.05) is 0 Å². The molecule has 3 nitrogen and oxygen atoms in total. The number of carbonyl (C=O) groups is 1. The van der Waals surface area contributed by atoms with Crippen LogP contribution in [0.2, 0.25) is 0 Å². The second-order valence-electron chi connectivity index (χ2n) is 7.07. The van der Waals surface area contributed by atoms with Gasteiger partial charge in [-0.25, -0.2) is 4.39 Å². The van der Waals surface area contributed by atoms with Crippen molar-refractivity contribution >= 4 is 27.5 Å². The number of fused-ring (bicyclic) bond motifs is 1. The molecule has 4 rings (SSSR count). The third-order valence-corrected chi connectivity index (χ3v) is 6.05. The monoisotopic (exact) mass is 370 g/mol. The maximum atomic E-state index is 13.2. The summed E-state index contributed by atoms with van der Waals surface area (Å²) in [7, 11) is 0. The minimum absolute atomic E-state index is 0.00223. The molecule has 0 radical (unpaired) electrons. The first kappa shape index (κ1) is 17.3. The van der Waals surface area contributed by atoms with Crippen LogP contribution >= 0.6 is 11.3 Å². The van der Waals surface area contributed by atoms with Crippen LogP contribution in [-0.2, 0) is 6.54 Å². The number of hydrogen-bond acceptors (Lipinski definition) is 2. The van der Waals surface area contributed by atoms with Gasteiger partial charge in [0.05, 0.1) is 10.2 Å². The van der Waals surface area contributed by atoms with Gasteiger partial charge in [0.25, 0.3) is 5.91 Å². The molecule has 3 aromatic rings. The molecule has 1 fully saturated rings. The lowest BCUT2D eigenvalue weighted by Gasteiger charge is -2.17. The molecule has 1 N–H and O–H groups in total. The second kappa shape index (κ2) is 7.62. The van der Waals surface area contributed by atoms with Crippen LogP contribution in [0.1, 0.15) is 54.6 Å². The molecule has 5 heteroatoms. The van der Waals surface area contributed by atoms with Crippen molar-refractivity contribution < 1.29 is 9.18 Å². The van der Waals surface area contributed by atoms with Crippen LogP contribution in [0.4, 0.5) is 4.39 Å². The number of nitrogens with zero attached hydrogens (tertiary/aromatic N) is 1. The highest BCUT2D eigenvalue weighted by atomic mass is 32.1. The fraction of sp³-hybridized carbons (Fsp3) is 0.381. The zero-order valence-corrected chi connectivity index (χ0v) is 15.5. The molecule has 2 heterocycles. The van der Waals surface area contributed by atoms with Gasteiger partial charge in [-0.3, -0.25) is 4.79 Å². The van der Waals surface area contributed by atoms with Crippen LogP contribution in [0.5, 0.6) is 0 Å². The van der Waals surface area contributed by atoms with Crippen molar-refractivity contribution in [3.63, 3.8) is 0 Å². The first-order chi connectivity index (χ1) is 12.7. The van der Waals surface area contributed by atoms with Gasteiger partial charge in [0.1, 0.15) is 11.5 Å². The van der Waals surface area contributed by atoms with Crippen molar-refractivity contribution in [1.82, 2.24) is 9.88 Å². The van der Waals surface area contributed by atoms with E-state index in [0.717, 1.165) is 28.6 Å². The summed E-state index contributed by atoms with van der Waals surface area (Å²) in [6, 6.07) is 10.8. The number of amides is 1. The van der Waals surface area contributed by atoms with Gasteiger partial charge in [-0.2, -0.15) is 0 Å². The van der Waals surface area contributed by atoms with Gasteiger partial charge in [-0.1, -0.05) is 37.8 Å². The molecule has 1 aliphatic carbocycles. The highest BCUT2D eigenvalue weighted by molar-refractivity contribution is 7.17. The molecule has 0 unspecified atom stereocenters. The van der Waals surface area contributed by atoms with Crippen molar-refractivity contribution in [3.05, 3.63) is 58.9 Å². The van der Waals surface area contributed by atoms with Crippen LogP contribution in [-0.4, -0.2) is 16.5 Å². The SMILES string of the molecule is O=C(NC1CCCCCC1)c1cc2sccc2n1Cc1ccc(F)cc1. The van der Waals surface area contributed by atoms with Gasteiger partial charge in [0.2, 0.25) is 0 Å². The Kier molecular flexibility index (Phi) is 5.07. The van der Waals surface area contributed by atoms with E-state index in [0.29, 0.717) is 12.2 Å². The van der Waals surface area contributed by atoms with Gasteiger partial charge >= 0.3 is 0 Å². The Hall–Kier alpha value is -2.14. The number of thiophene rings is 1. The molecule has 0 spiro atoms. The van der Waals surface area contributed by atoms with Gasteiger partial charge in [-0.15, -0.1) is 11.3 Å². The normalized spacial score (nSPS) is 15.9. The third kappa shape index (κ3) is 3.68. The van der Waals surface area contributed by atoms with Gasteiger partial charge < -0.3 is 9.88 Å². The predicted octanol–water partition coefficient (Wildman–Crippen LogP) is 5.34. The maximum Gasteiger partial charge on any atom is 0.268 e. The highest BCUT2D eigenvalue weighted by Crippen LogP contribution is 2.27. The second-order valence-corrected chi connectivity index (χ2v) is 8.02. The summed E-state index contributed by atoms with van der Waals surface area (Å²) in [5.41, 5.74) is 2.74. The molecule has 2 aromatic heterocycles. The molecule has 1 aromatic carbocycles. The Morgan fingerprint density at radius 2 is 1.85 bits per heavy atom. The molecule has 0 bridgehead atoms. The van der Waals surface area contributed by atoms with E-state index in [-0.39, 0.29) is 17.8 Å². The molecule has 136 valence electrons. The quantitative estimate of drug-likeness (QED) is 0.618. The molecule has 0 saturated heterocycles. The smallest absolute Gasteiger partial charge is 0.268 e. The molecule has 0 aliphatic heterocycles. The van der Waals surface area contributed by atoms with E-state index in [2.05, 4.69) is 5.32 Å². The van der Waals surface area contributed by atoms with Crippen LogP contribution in [0.25, 0.3) is 10.2 Å². The standard InChI is InChI=1S/C21H23FN2OS/c22-16-9-7-15(8-10-16)14-24-18-11-12-26-20(18)13-19(24)21(25)23-17-5-3-1-2-4-6-17/h7-13,17H,1-6,14H2,(H,23,25). The van der Waals surface area contributed by atoms with Crippen LogP contribution in [0, 0.1) is 5.82 Å². The van der Waals surface area contributed by atoms with E-state index in [1.165, 1.54) is 37.8 Å². The molecule has 1 aliphatic rings. The number of benzene rings is 1. The summed E-state index contributed by atoms with van der Waals surface area (Å²) < 4.78 is 16.4. The summed E-state index contributed by atoms with van der Waals surface area (Å²) in [5.74, 6) is -0.240. The topological polar surface area (TPSA) is 34.0 Å². The third-order valence-electron chi connectivity index (χ3n) is 5.20. The van der Waals surface area contributed by atoms with Crippen LogP contribution < -0.4 is 5.32 Å². The number of halogens is 1. The van der Waals surface area contributed by atoms with Crippen molar-refractivity contribution in [2.45, 2.75) is 51.1 Å². The largest absolute Gasteiger partial charge is 0.348 e. The Labute approximate surface area is 156 Å². The van der Waals surface area contributed by atoms with Crippen molar-refractivity contribution in [2.24, 2.45) is 0 Å². The van der Waals surface area contributed by atoms with E-state index in [1.807, 2.05) is 22.1 Å². The minimum atomic E-state index is -0.242. The fourth-order valence-corrected chi connectivity index (χ4v) is 4.61. The highest BCUT2D eigenvalue weighted by Gasteiger charge is 2.20. The molecular formula is C21H23FN2OS. The lowest BCUT2D eigenvalue weighted by molar-refractivity contribution is 0.0925. The lowest BCUT2D eigenvalue weighted by Crippen LogP contribution is -2.35. The van der Waals surface area contributed by atoms with Crippen LogP contribution in [0.15, 0.2) is 41.8 Å².